The van der Waals surface area contributed by atoms with Crippen LogP contribution in [0.25, 0.3) is 0 Å². The minimum Gasteiger partial charge on any atom is -0.481 e. The first-order valence-electron chi connectivity index (χ1n) is 12.7. The molecule has 0 amide bonds. The molecule has 0 aromatic carbocycles. The molecule has 0 aromatic rings. The summed E-state index contributed by atoms with van der Waals surface area (Å²) >= 11 is 0. The Hall–Kier alpha value is -0.860. The lowest BCUT2D eigenvalue weighted by Gasteiger charge is -2.62. The van der Waals surface area contributed by atoms with Crippen molar-refractivity contribution in [3.63, 3.8) is 0 Å². The summed E-state index contributed by atoms with van der Waals surface area (Å²) in [5, 5.41) is 9.19. The van der Waals surface area contributed by atoms with Crippen LogP contribution in [0.3, 0.4) is 0 Å². The number of rotatable bonds is 4. The van der Waals surface area contributed by atoms with E-state index in [0.29, 0.717) is 51.6 Å². The largest absolute Gasteiger partial charge is 0.481 e. The molecule has 0 unspecified atom stereocenters. The first kappa shape index (κ1) is 21.0. The van der Waals surface area contributed by atoms with Crippen molar-refractivity contribution in [2.45, 2.75) is 105 Å². The highest BCUT2D eigenvalue weighted by atomic mass is 16.4. The van der Waals surface area contributed by atoms with Crippen LogP contribution in [0.5, 0.6) is 0 Å². The lowest BCUT2D eigenvalue weighted by Crippen LogP contribution is -2.57. The van der Waals surface area contributed by atoms with Gasteiger partial charge in [0.05, 0.1) is 0 Å². The van der Waals surface area contributed by atoms with Gasteiger partial charge >= 0.3 is 5.97 Å². The van der Waals surface area contributed by atoms with Crippen LogP contribution in [-0.2, 0) is 9.59 Å². The van der Waals surface area contributed by atoms with Gasteiger partial charge in [-0.3, -0.25) is 9.59 Å². The molecule has 0 heterocycles. The molecule has 2 spiro atoms. The predicted molar refractivity (Wildman–Crippen MR) is 118 cm³/mol. The fraction of sp³-hybridized carbons (Fsp3) is 0.926. The number of hydrogen-bond acceptors (Lipinski definition) is 2. The van der Waals surface area contributed by atoms with Crippen molar-refractivity contribution in [2.75, 3.05) is 0 Å². The van der Waals surface area contributed by atoms with E-state index < -0.39 is 5.97 Å². The van der Waals surface area contributed by atoms with Crippen LogP contribution in [0.4, 0.5) is 0 Å². The van der Waals surface area contributed by atoms with Gasteiger partial charge in [0.25, 0.3) is 0 Å². The van der Waals surface area contributed by atoms with Gasteiger partial charge in [-0.1, -0.05) is 34.6 Å². The number of carbonyl (C=O) groups is 2. The van der Waals surface area contributed by atoms with Crippen molar-refractivity contribution in [1.29, 1.82) is 0 Å². The van der Waals surface area contributed by atoms with Gasteiger partial charge < -0.3 is 5.11 Å². The second-order valence-corrected chi connectivity index (χ2v) is 13.2. The molecule has 0 saturated heterocycles. The second-order valence-electron chi connectivity index (χ2n) is 13.2. The molecule has 5 rings (SSSR count). The quantitative estimate of drug-likeness (QED) is 0.571. The van der Waals surface area contributed by atoms with E-state index in [9.17, 15) is 14.7 Å². The topological polar surface area (TPSA) is 54.4 Å². The Bertz CT molecular complexity index is 785. The number of carboxylic acid groups (broad SMARTS) is 1. The Kier molecular flexibility index (Phi) is 4.29. The van der Waals surface area contributed by atoms with E-state index in [2.05, 4.69) is 34.6 Å². The Labute approximate surface area is 182 Å². The van der Waals surface area contributed by atoms with Gasteiger partial charge in [-0.05, 0) is 103 Å². The third-order valence-electron chi connectivity index (χ3n) is 12.4. The minimum absolute atomic E-state index is 0.127. The first-order valence-corrected chi connectivity index (χ1v) is 12.7. The summed E-state index contributed by atoms with van der Waals surface area (Å²) in [6, 6.07) is 0. The number of ketones is 1. The van der Waals surface area contributed by atoms with Crippen LogP contribution >= 0.6 is 0 Å². The lowest BCUT2D eigenvalue weighted by molar-refractivity contribution is -0.157. The number of carbonyl (C=O) groups excluding carboxylic acids is 1. The summed E-state index contributed by atoms with van der Waals surface area (Å²) in [6.07, 6.45) is 12.3. The molecular weight excluding hydrogens is 372 g/mol. The Morgan fingerprint density at radius 3 is 2.33 bits per heavy atom. The van der Waals surface area contributed by atoms with Crippen LogP contribution in [-0.4, -0.2) is 16.9 Å². The van der Waals surface area contributed by atoms with Crippen LogP contribution in [0, 0.1) is 50.7 Å². The maximum atomic E-state index is 12.8. The molecule has 1 N–H and O–H groups in total. The van der Waals surface area contributed by atoms with Crippen molar-refractivity contribution in [1.82, 2.24) is 0 Å². The molecule has 30 heavy (non-hydrogen) atoms. The van der Waals surface area contributed by atoms with Crippen LogP contribution in [0.2, 0.25) is 0 Å². The molecule has 0 radical (unpaired) electrons. The number of fused-ring (bicyclic) bond motifs is 2. The van der Waals surface area contributed by atoms with E-state index in [1.165, 1.54) is 44.9 Å². The van der Waals surface area contributed by atoms with Crippen molar-refractivity contribution in [3.8, 4) is 0 Å². The Balaban J connectivity index is 1.44. The minimum atomic E-state index is -0.650. The monoisotopic (exact) mass is 414 g/mol. The average molecular weight is 415 g/mol. The van der Waals surface area contributed by atoms with Crippen LogP contribution in [0.1, 0.15) is 105 Å². The fourth-order valence-corrected chi connectivity index (χ4v) is 10.7. The van der Waals surface area contributed by atoms with Gasteiger partial charge in [-0.25, -0.2) is 0 Å². The number of aliphatic carboxylic acids is 1. The standard InChI is InChI=1S/C27H42O3/c1-17(6-9-22(29)30)18-10-12-25(5)20-8-7-19-23(2,3)21(28)11-13-26(19)16-27(20,26)15-14-24(18,25)4/h17-20H,6-16H2,1-5H3,(H,29,30)/t17-,18-,19+,20+,24-,25+,26-,27+/m1/s1. The molecule has 5 aliphatic carbocycles. The predicted octanol–water partition coefficient (Wildman–Crippen LogP) is 6.50. The van der Waals surface area contributed by atoms with Crippen LogP contribution in [0.15, 0.2) is 0 Å². The highest BCUT2D eigenvalue weighted by molar-refractivity contribution is 5.86. The van der Waals surface area contributed by atoms with E-state index >= 15 is 0 Å². The zero-order valence-corrected chi connectivity index (χ0v) is 19.9. The molecule has 5 fully saturated rings. The number of hydrogen-bond donors (Lipinski definition) is 1. The molecule has 3 heteroatoms. The normalized spacial score (nSPS) is 51.9. The molecular formula is C27H42O3. The molecule has 0 aliphatic heterocycles. The van der Waals surface area contributed by atoms with E-state index in [0.717, 1.165) is 25.2 Å². The van der Waals surface area contributed by atoms with Crippen molar-refractivity contribution < 1.29 is 14.7 Å². The maximum absolute atomic E-state index is 12.8. The highest BCUT2D eigenvalue weighted by Crippen LogP contribution is 2.88. The lowest BCUT2D eigenvalue weighted by atomic mass is 9.42. The van der Waals surface area contributed by atoms with E-state index in [-0.39, 0.29) is 5.41 Å². The summed E-state index contributed by atoms with van der Waals surface area (Å²) in [5.74, 6) is 2.43. The van der Waals surface area contributed by atoms with Crippen molar-refractivity contribution in [2.24, 2.45) is 50.7 Å². The van der Waals surface area contributed by atoms with Gasteiger partial charge in [0.15, 0.2) is 0 Å². The smallest absolute Gasteiger partial charge is 0.303 e. The average Bonchev–Trinajstić information content (AvgIpc) is 3.26. The molecule has 168 valence electrons. The highest BCUT2D eigenvalue weighted by Gasteiger charge is 2.82. The van der Waals surface area contributed by atoms with Crippen LogP contribution < -0.4 is 0 Å². The third-order valence-corrected chi connectivity index (χ3v) is 12.4. The second kappa shape index (κ2) is 6.13. The van der Waals surface area contributed by atoms with E-state index in [1.54, 1.807) is 0 Å². The molecule has 0 bridgehead atoms. The third kappa shape index (κ3) is 2.28. The van der Waals surface area contributed by atoms with Gasteiger partial charge in [-0.2, -0.15) is 0 Å². The summed E-state index contributed by atoms with van der Waals surface area (Å²) < 4.78 is 0. The van der Waals surface area contributed by atoms with Crippen molar-refractivity contribution in [3.05, 3.63) is 0 Å². The summed E-state index contributed by atoms with van der Waals surface area (Å²) in [7, 11) is 0. The first-order chi connectivity index (χ1) is 13.9. The molecule has 3 nitrogen and oxygen atoms in total. The molecule has 0 aromatic heterocycles. The van der Waals surface area contributed by atoms with Gasteiger partial charge in [0.1, 0.15) is 5.78 Å². The Morgan fingerprint density at radius 1 is 0.967 bits per heavy atom. The van der Waals surface area contributed by atoms with E-state index in [4.69, 9.17) is 0 Å². The fourth-order valence-electron chi connectivity index (χ4n) is 10.7. The number of Topliss-reactive ketones (excluding diaryl/α,β-unsaturated/α-hetero) is 1. The Morgan fingerprint density at radius 2 is 1.63 bits per heavy atom. The maximum Gasteiger partial charge on any atom is 0.303 e. The zero-order chi connectivity index (χ0) is 21.7. The van der Waals surface area contributed by atoms with Crippen molar-refractivity contribution >= 4 is 11.8 Å². The SMILES string of the molecule is C[C@H](CCC(=O)O)[C@H]1CC[C@@]2(C)[C@@H]3CC[C@H]4C(C)(C)C(=O)CC[C@@]45C[C@@]35CC[C@]12C. The molecule has 8 atom stereocenters. The van der Waals surface area contributed by atoms with Gasteiger partial charge in [0.2, 0.25) is 0 Å². The zero-order valence-electron chi connectivity index (χ0n) is 19.9. The molecule has 5 saturated carbocycles. The summed E-state index contributed by atoms with van der Waals surface area (Å²) in [5.41, 5.74) is 1.55. The van der Waals surface area contributed by atoms with Gasteiger partial charge in [-0.15, -0.1) is 0 Å². The summed E-state index contributed by atoms with van der Waals surface area (Å²) in [4.78, 5) is 23.9. The van der Waals surface area contributed by atoms with Gasteiger partial charge in [0, 0.05) is 18.3 Å². The molecule has 5 aliphatic rings. The summed E-state index contributed by atoms with van der Waals surface area (Å²) in [6.45, 7) is 12.0. The van der Waals surface area contributed by atoms with E-state index in [1.807, 2.05) is 0 Å². The number of carboxylic acids is 1.